The lowest BCUT2D eigenvalue weighted by Crippen LogP contribution is -2.48. The van der Waals surface area contributed by atoms with Crippen LogP contribution in [0.5, 0.6) is 0 Å². The predicted molar refractivity (Wildman–Crippen MR) is 115 cm³/mol. The van der Waals surface area contributed by atoms with E-state index in [1.54, 1.807) is 40.9 Å². The van der Waals surface area contributed by atoms with Gasteiger partial charge in [0.05, 0.1) is 6.54 Å². The summed E-state index contributed by atoms with van der Waals surface area (Å²) in [6.07, 6.45) is 1.85. The highest BCUT2D eigenvalue weighted by atomic mass is 32.2. The number of sulfonamides is 1. The zero-order valence-corrected chi connectivity index (χ0v) is 17.7. The lowest BCUT2D eigenvalue weighted by molar-refractivity contribution is -0.122. The van der Waals surface area contributed by atoms with Crippen molar-refractivity contribution in [2.75, 3.05) is 0 Å². The van der Waals surface area contributed by atoms with E-state index in [-0.39, 0.29) is 13.0 Å². The van der Waals surface area contributed by atoms with E-state index in [1.807, 2.05) is 18.2 Å². The third-order valence-electron chi connectivity index (χ3n) is 4.83. The molecule has 0 saturated carbocycles. The number of benzene rings is 2. The summed E-state index contributed by atoms with van der Waals surface area (Å²) in [5.74, 6) is -0.973. The number of carbonyl (C=O) groups is 1. The third-order valence-corrected chi connectivity index (χ3v) is 6.33. The van der Waals surface area contributed by atoms with Crippen molar-refractivity contribution in [1.29, 1.82) is 0 Å². The van der Waals surface area contributed by atoms with E-state index in [1.165, 1.54) is 12.1 Å². The number of halogens is 1. The largest absolute Gasteiger partial charge is 0.347 e. The molecule has 0 saturated heterocycles. The van der Waals surface area contributed by atoms with Gasteiger partial charge in [-0.2, -0.15) is 4.72 Å². The van der Waals surface area contributed by atoms with Crippen molar-refractivity contribution in [3.8, 4) is 0 Å². The predicted octanol–water partition coefficient (Wildman–Crippen LogP) is 2.07. The third kappa shape index (κ3) is 4.82. The molecule has 164 valence electrons. The van der Waals surface area contributed by atoms with E-state index >= 15 is 0 Å². The first-order valence-corrected chi connectivity index (χ1v) is 11.3. The van der Waals surface area contributed by atoms with Crippen LogP contribution < -0.4 is 10.0 Å². The monoisotopic (exact) mass is 453 g/mol. The molecule has 4 rings (SSSR count). The number of fused-ring (bicyclic) bond motifs is 1. The van der Waals surface area contributed by atoms with Gasteiger partial charge in [-0.15, -0.1) is 10.2 Å². The Morgan fingerprint density at radius 1 is 0.969 bits per heavy atom. The van der Waals surface area contributed by atoms with Gasteiger partial charge in [-0.25, -0.2) is 12.8 Å². The SMILES string of the molecule is O=C(NCc1nnc2ccccn12)[C@H](Cc1ccccc1)NS(=O)(=O)c1ccccc1F. The van der Waals surface area contributed by atoms with Gasteiger partial charge in [0.1, 0.15) is 16.8 Å². The second-order valence-corrected chi connectivity index (χ2v) is 8.74. The number of hydrogen-bond acceptors (Lipinski definition) is 5. The molecule has 0 aliphatic carbocycles. The summed E-state index contributed by atoms with van der Waals surface area (Å²) in [7, 11) is -4.28. The van der Waals surface area contributed by atoms with E-state index in [2.05, 4.69) is 20.2 Å². The Morgan fingerprint density at radius 3 is 2.47 bits per heavy atom. The maximum Gasteiger partial charge on any atom is 0.244 e. The Balaban J connectivity index is 1.56. The number of aromatic nitrogens is 3. The van der Waals surface area contributed by atoms with Crippen molar-refractivity contribution in [3.63, 3.8) is 0 Å². The van der Waals surface area contributed by atoms with E-state index in [0.29, 0.717) is 11.5 Å². The maximum absolute atomic E-state index is 14.1. The van der Waals surface area contributed by atoms with Gasteiger partial charge in [0.2, 0.25) is 15.9 Å². The molecule has 4 aromatic rings. The van der Waals surface area contributed by atoms with Gasteiger partial charge >= 0.3 is 0 Å². The standard InChI is InChI=1S/C22H20FN5O3S/c23-17-10-4-5-11-19(17)32(30,31)27-18(14-16-8-2-1-3-9-16)22(29)24-15-21-26-25-20-12-6-7-13-28(20)21/h1-13,18,27H,14-15H2,(H,24,29)/t18-/m0/s1. The minimum absolute atomic E-state index is 0.0384. The molecule has 0 aliphatic rings. The van der Waals surface area contributed by atoms with Gasteiger partial charge in [0, 0.05) is 6.20 Å². The summed E-state index contributed by atoms with van der Waals surface area (Å²) in [6.45, 7) is 0.0384. The molecule has 0 spiro atoms. The second kappa shape index (κ2) is 9.25. The van der Waals surface area contributed by atoms with E-state index in [0.717, 1.165) is 17.7 Å². The molecule has 0 fully saturated rings. The van der Waals surface area contributed by atoms with Crippen LogP contribution >= 0.6 is 0 Å². The summed E-state index contributed by atoms with van der Waals surface area (Å²) < 4.78 is 43.8. The molecular weight excluding hydrogens is 433 g/mol. The van der Waals surface area contributed by atoms with Crippen molar-refractivity contribution in [2.24, 2.45) is 0 Å². The van der Waals surface area contributed by atoms with E-state index in [9.17, 15) is 17.6 Å². The lowest BCUT2D eigenvalue weighted by atomic mass is 10.1. The molecule has 2 aromatic heterocycles. The highest BCUT2D eigenvalue weighted by molar-refractivity contribution is 7.89. The molecule has 2 N–H and O–H groups in total. The molecule has 10 heteroatoms. The topological polar surface area (TPSA) is 105 Å². The number of hydrogen-bond donors (Lipinski definition) is 2. The van der Waals surface area contributed by atoms with Gasteiger partial charge in [0.25, 0.3) is 0 Å². The zero-order valence-electron chi connectivity index (χ0n) is 16.8. The minimum Gasteiger partial charge on any atom is -0.347 e. The number of rotatable bonds is 8. The fourth-order valence-corrected chi connectivity index (χ4v) is 4.53. The van der Waals surface area contributed by atoms with Gasteiger partial charge < -0.3 is 5.32 Å². The number of amides is 1. The van der Waals surface area contributed by atoms with Crippen molar-refractivity contribution < 1.29 is 17.6 Å². The number of pyridine rings is 1. The Bertz CT molecular complexity index is 1340. The quantitative estimate of drug-likeness (QED) is 0.425. The van der Waals surface area contributed by atoms with Crippen LogP contribution in [0.1, 0.15) is 11.4 Å². The van der Waals surface area contributed by atoms with Crippen molar-refractivity contribution in [1.82, 2.24) is 24.6 Å². The van der Waals surface area contributed by atoms with Crippen LogP contribution in [0.25, 0.3) is 5.65 Å². The Kier molecular flexibility index (Phi) is 6.24. The number of nitrogens with zero attached hydrogens (tertiary/aromatic N) is 3. The van der Waals surface area contributed by atoms with Gasteiger partial charge in [-0.3, -0.25) is 9.20 Å². The zero-order chi connectivity index (χ0) is 22.6. The first-order chi connectivity index (χ1) is 15.4. The molecule has 2 aromatic carbocycles. The van der Waals surface area contributed by atoms with Crippen molar-refractivity contribution >= 4 is 21.6 Å². The highest BCUT2D eigenvalue weighted by Crippen LogP contribution is 2.15. The normalized spacial score (nSPS) is 12.5. The smallest absolute Gasteiger partial charge is 0.244 e. The fraction of sp³-hybridized carbons (Fsp3) is 0.136. The van der Waals surface area contributed by atoms with Crippen LogP contribution in [-0.4, -0.2) is 35.0 Å². The summed E-state index contributed by atoms with van der Waals surface area (Å²) in [5.41, 5.74) is 1.37. The van der Waals surface area contributed by atoms with Crippen LogP contribution in [0.2, 0.25) is 0 Å². The molecule has 1 amide bonds. The van der Waals surface area contributed by atoms with Crippen LogP contribution in [0.3, 0.4) is 0 Å². The molecule has 8 nitrogen and oxygen atoms in total. The summed E-state index contributed by atoms with van der Waals surface area (Å²) in [5, 5.41) is 10.8. The summed E-state index contributed by atoms with van der Waals surface area (Å²) in [6, 6.07) is 18.2. The van der Waals surface area contributed by atoms with Crippen LogP contribution in [0, 0.1) is 5.82 Å². The molecular formula is C22H20FN5O3S. The fourth-order valence-electron chi connectivity index (χ4n) is 3.25. The van der Waals surface area contributed by atoms with Crippen LogP contribution in [0.4, 0.5) is 4.39 Å². The van der Waals surface area contributed by atoms with Gasteiger partial charge in [-0.05, 0) is 36.2 Å². The van der Waals surface area contributed by atoms with E-state index in [4.69, 9.17) is 0 Å². The Hall–Kier alpha value is -3.63. The first-order valence-electron chi connectivity index (χ1n) is 9.81. The maximum atomic E-state index is 14.1. The van der Waals surface area contributed by atoms with E-state index < -0.39 is 32.7 Å². The summed E-state index contributed by atoms with van der Waals surface area (Å²) >= 11 is 0. The Labute approximate surface area is 184 Å². The van der Waals surface area contributed by atoms with Gasteiger partial charge in [-0.1, -0.05) is 48.5 Å². The first kappa shape index (κ1) is 21.6. The second-order valence-electron chi connectivity index (χ2n) is 7.06. The lowest BCUT2D eigenvalue weighted by Gasteiger charge is -2.19. The van der Waals surface area contributed by atoms with Crippen molar-refractivity contribution in [2.45, 2.75) is 23.9 Å². The molecule has 0 bridgehead atoms. The molecule has 2 heterocycles. The molecule has 0 unspecified atom stereocenters. The average Bonchev–Trinajstić information content (AvgIpc) is 3.21. The number of carbonyl (C=O) groups excluding carboxylic acids is 1. The molecule has 0 radical (unpaired) electrons. The highest BCUT2D eigenvalue weighted by Gasteiger charge is 2.28. The van der Waals surface area contributed by atoms with Crippen LogP contribution in [-0.2, 0) is 27.8 Å². The average molecular weight is 453 g/mol. The molecule has 1 atom stereocenters. The van der Waals surface area contributed by atoms with Crippen molar-refractivity contribution in [3.05, 3.63) is 96.2 Å². The minimum atomic E-state index is -4.28. The summed E-state index contributed by atoms with van der Waals surface area (Å²) in [4.78, 5) is 12.5. The molecule has 0 aliphatic heterocycles. The Morgan fingerprint density at radius 2 is 1.69 bits per heavy atom. The molecule has 32 heavy (non-hydrogen) atoms. The van der Waals surface area contributed by atoms with Gasteiger partial charge in [0.15, 0.2) is 11.5 Å². The number of nitrogens with one attached hydrogen (secondary N) is 2. The van der Waals surface area contributed by atoms with Crippen LogP contribution in [0.15, 0.2) is 83.9 Å².